The van der Waals surface area contributed by atoms with Gasteiger partial charge in [0.25, 0.3) is 0 Å². The molecule has 1 aromatic rings. The van der Waals surface area contributed by atoms with E-state index in [4.69, 9.17) is 21.1 Å². The molecule has 1 saturated heterocycles. The molecule has 1 fully saturated rings. The predicted octanol–water partition coefficient (Wildman–Crippen LogP) is 3.14. The van der Waals surface area contributed by atoms with Gasteiger partial charge >= 0.3 is 0 Å². The van der Waals surface area contributed by atoms with Crippen LogP contribution in [-0.4, -0.2) is 26.3 Å². The summed E-state index contributed by atoms with van der Waals surface area (Å²) in [4.78, 5) is 0. The summed E-state index contributed by atoms with van der Waals surface area (Å²) >= 11 is 6.52. The third-order valence-corrected chi connectivity index (χ3v) is 4.27. The van der Waals surface area contributed by atoms with Crippen molar-refractivity contribution in [1.29, 1.82) is 0 Å². The normalized spacial score (nSPS) is 22.3. The number of fused-ring (bicyclic) bond motifs is 1. The molecule has 19 heavy (non-hydrogen) atoms. The summed E-state index contributed by atoms with van der Waals surface area (Å²) in [6.45, 7) is 5.66. The van der Waals surface area contributed by atoms with Gasteiger partial charge in [0.1, 0.15) is 0 Å². The van der Waals surface area contributed by atoms with E-state index in [-0.39, 0.29) is 0 Å². The average Bonchev–Trinajstić information content (AvgIpc) is 2.83. The fourth-order valence-corrected chi connectivity index (χ4v) is 3.42. The lowest BCUT2D eigenvalue weighted by Gasteiger charge is -2.21. The maximum Gasteiger partial charge on any atom is 0.164 e. The minimum absolute atomic E-state index is 0.500. The van der Waals surface area contributed by atoms with Crippen LogP contribution in [0.25, 0.3) is 0 Å². The van der Waals surface area contributed by atoms with E-state index in [0.29, 0.717) is 12.5 Å². The second-order valence-corrected chi connectivity index (χ2v) is 5.58. The molecule has 104 valence electrons. The number of hydrogen-bond donors (Lipinski definition) is 1. The van der Waals surface area contributed by atoms with Gasteiger partial charge in [0.2, 0.25) is 0 Å². The van der Waals surface area contributed by atoms with Gasteiger partial charge in [0.05, 0.1) is 13.2 Å². The minimum atomic E-state index is 0.500. The van der Waals surface area contributed by atoms with Crippen molar-refractivity contribution in [3.8, 4) is 11.5 Å². The van der Waals surface area contributed by atoms with Gasteiger partial charge < -0.3 is 14.8 Å². The summed E-state index contributed by atoms with van der Waals surface area (Å²) in [5.41, 5.74) is 2.50. The third kappa shape index (κ3) is 2.41. The van der Waals surface area contributed by atoms with Crippen molar-refractivity contribution >= 4 is 11.6 Å². The standard InChI is InChI=1S/C15H20ClNO2/c1-2-11-14(10-4-5-17-9-10)12(16)8-13-15(11)19-7-3-6-18-13/h8,10,17H,2-7,9H2,1H3. The van der Waals surface area contributed by atoms with Crippen LogP contribution in [0.4, 0.5) is 0 Å². The Balaban J connectivity index is 2.10. The zero-order valence-electron chi connectivity index (χ0n) is 11.3. The molecule has 0 aromatic heterocycles. The summed E-state index contributed by atoms with van der Waals surface area (Å²) < 4.78 is 11.7. The van der Waals surface area contributed by atoms with Gasteiger partial charge in [-0.05, 0) is 30.9 Å². The third-order valence-electron chi connectivity index (χ3n) is 3.95. The Hall–Kier alpha value is -0.930. The Morgan fingerprint density at radius 2 is 2.21 bits per heavy atom. The van der Waals surface area contributed by atoms with E-state index in [1.54, 1.807) is 0 Å². The number of benzene rings is 1. The highest BCUT2D eigenvalue weighted by atomic mass is 35.5. The van der Waals surface area contributed by atoms with Gasteiger partial charge in [-0.3, -0.25) is 0 Å². The predicted molar refractivity (Wildman–Crippen MR) is 76.7 cm³/mol. The van der Waals surface area contributed by atoms with Gasteiger partial charge in [-0.25, -0.2) is 0 Å². The van der Waals surface area contributed by atoms with Crippen LogP contribution in [0.5, 0.6) is 11.5 Å². The van der Waals surface area contributed by atoms with Crippen LogP contribution in [-0.2, 0) is 6.42 Å². The zero-order chi connectivity index (χ0) is 13.2. The summed E-state index contributed by atoms with van der Waals surface area (Å²) in [6, 6.07) is 1.94. The molecular weight excluding hydrogens is 262 g/mol. The van der Waals surface area contributed by atoms with Crippen LogP contribution in [0.15, 0.2) is 6.07 Å². The van der Waals surface area contributed by atoms with E-state index in [1.165, 1.54) is 11.1 Å². The minimum Gasteiger partial charge on any atom is -0.489 e. The molecular formula is C15H20ClNO2. The van der Waals surface area contributed by atoms with Crippen molar-refractivity contribution in [3.05, 3.63) is 22.2 Å². The number of rotatable bonds is 2. The molecule has 0 spiro atoms. The summed E-state index contributed by atoms with van der Waals surface area (Å²) in [6.07, 6.45) is 3.00. The molecule has 2 aliphatic rings. The Bertz CT molecular complexity index is 470. The fourth-order valence-electron chi connectivity index (χ4n) is 3.05. The van der Waals surface area contributed by atoms with Crippen molar-refractivity contribution in [3.63, 3.8) is 0 Å². The number of nitrogens with one attached hydrogen (secondary N) is 1. The monoisotopic (exact) mass is 281 g/mol. The van der Waals surface area contributed by atoms with E-state index in [0.717, 1.165) is 55.5 Å². The lowest BCUT2D eigenvalue weighted by molar-refractivity contribution is 0.296. The number of halogens is 1. The van der Waals surface area contributed by atoms with Crippen LogP contribution in [0, 0.1) is 0 Å². The fraction of sp³-hybridized carbons (Fsp3) is 0.600. The molecule has 1 aromatic carbocycles. The molecule has 0 radical (unpaired) electrons. The Kier molecular flexibility index (Phi) is 3.85. The van der Waals surface area contributed by atoms with Gasteiger partial charge in [-0.2, -0.15) is 0 Å². The maximum absolute atomic E-state index is 6.52. The second-order valence-electron chi connectivity index (χ2n) is 5.17. The van der Waals surface area contributed by atoms with Crippen molar-refractivity contribution in [2.24, 2.45) is 0 Å². The molecule has 3 rings (SSSR count). The van der Waals surface area contributed by atoms with Gasteiger partial charge in [0.15, 0.2) is 11.5 Å². The second kappa shape index (κ2) is 5.59. The van der Waals surface area contributed by atoms with Crippen LogP contribution in [0.3, 0.4) is 0 Å². The highest BCUT2D eigenvalue weighted by Crippen LogP contribution is 2.44. The van der Waals surface area contributed by atoms with E-state index in [1.807, 2.05) is 6.07 Å². The smallest absolute Gasteiger partial charge is 0.164 e. The van der Waals surface area contributed by atoms with Crippen molar-refractivity contribution < 1.29 is 9.47 Å². The molecule has 1 N–H and O–H groups in total. The highest BCUT2D eigenvalue weighted by Gasteiger charge is 2.27. The van der Waals surface area contributed by atoms with E-state index in [2.05, 4.69) is 12.2 Å². The van der Waals surface area contributed by atoms with E-state index < -0.39 is 0 Å². The molecule has 1 unspecified atom stereocenters. The molecule has 0 aliphatic carbocycles. The molecule has 2 heterocycles. The first-order chi connectivity index (χ1) is 9.31. The van der Waals surface area contributed by atoms with Crippen LogP contribution < -0.4 is 14.8 Å². The van der Waals surface area contributed by atoms with Crippen molar-refractivity contribution in [2.45, 2.75) is 32.1 Å². The molecule has 1 atom stereocenters. The maximum atomic E-state index is 6.52. The molecule has 4 heteroatoms. The lowest BCUT2D eigenvalue weighted by atomic mass is 9.91. The summed E-state index contributed by atoms with van der Waals surface area (Å²) in [5, 5.41) is 4.24. The van der Waals surface area contributed by atoms with Gasteiger partial charge in [0, 0.05) is 29.6 Å². The Morgan fingerprint density at radius 3 is 2.95 bits per heavy atom. The zero-order valence-corrected chi connectivity index (χ0v) is 12.1. The first-order valence-corrected chi connectivity index (χ1v) is 7.50. The Morgan fingerprint density at radius 1 is 1.37 bits per heavy atom. The van der Waals surface area contributed by atoms with Crippen LogP contribution in [0.1, 0.15) is 36.8 Å². The molecule has 2 aliphatic heterocycles. The summed E-state index contributed by atoms with van der Waals surface area (Å²) in [5.74, 6) is 2.24. The van der Waals surface area contributed by atoms with Gasteiger partial charge in [-0.15, -0.1) is 0 Å². The molecule has 0 bridgehead atoms. The molecule has 0 saturated carbocycles. The van der Waals surface area contributed by atoms with Crippen molar-refractivity contribution in [2.75, 3.05) is 26.3 Å². The SMILES string of the molecule is CCc1c2c(cc(Cl)c1C1CCNC1)OCCCO2. The van der Waals surface area contributed by atoms with Crippen LogP contribution in [0.2, 0.25) is 5.02 Å². The first-order valence-electron chi connectivity index (χ1n) is 7.12. The van der Waals surface area contributed by atoms with E-state index in [9.17, 15) is 0 Å². The van der Waals surface area contributed by atoms with E-state index >= 15 is 0 Å². The lowest BCUT2D eigenvalue weighted by Crippen LogP contribution is -2.11. The summed E-state index contributed by atoms with van der Waals surface area (Å²) in [7, 11) is 0. The molecule has 3 nitrogen and oxygen atoms in total. The molecule has 0 amide bonds. The number of hydrogen-bond acceptors (Lipinski definition) is 3. The average molecular weight is 282 g/mol. The van der Waals surface area contributed by atoms with Gasteiger partial charge in [-0.1, -0.05) is 18.5 Å². The highest BCUT2D eigenvalue weighted by molar-refractivity contribution is 6.31. The van der Waals surface area contributed by atoms with Crippen LogP contribution >= 0.6 is 11.6 Å². The first kappa shape index (κ1) is 13.1. The largest absolute Gasteiger partial charge is 0.489 e. The van der Waals surface area contributed by atoms with Crippen molar-refractivity contribution in [1.82, 2.24) is 5.32 Å². The topological polar surface area (TPSA) is 30.5 Å². The quantitative estimate of drug-likeness (QED) is 0.903. The number of ether oxygens (including phenoxy) is 2. The Labute approximate surface area is 119 Å².